The Hall–Kier alpha value is -2.14. The maximum Gasteiger partial charge on any atom is 0.223 e. The van der Waals surface area contributed by atoms with Gasteiger partial charge in [-0.15, -0.1) is 0 Å². The third kappa shape index (κ3) is 3.99. The maximum absolute atomic E-state index is 12.5. The van der Waals surface area contributed by atoms with Gasteiger partial charge in [0.2, 0.25) is 4.87 Å². The number of rotatable bonds is 5. The second kappa shape index (κ2) is 7.42. The molecule has 2 aromatic rings. The van der Waals surface area contributed by atoms with Crippen molar-refractivity contribution >= 4 is 33.3 Å². The fourth-order valence-corrected chi connectivity index (χ4v) is 2.76. The number of nitrogens with zero attached hydrogens (tertiary/aromatic N) is 2. The number of Topliss-reactive ketones (excluding diaryl/α,β-unsaturated/α-hetero) is 1. The van der Waals surface area contributed by atoms with E-state index in [0.717, 1.165) is 4.47 Å². The van der Waals surface area contributed by atoms with Crippen molar-refractivity contribution in [1.82, 2.24) is 0 Å². The number of benzene rings is 2. The van der Waals surface area contributed by atoms with Crippen LogP contribution in [-0.2, 0) is 0 Å². The summed E-state index contributed by atoms with van der Waals surface area (Å²) in [5, 5.41) is 18.7. The van der Waals surface area contributed by atoms with Crippen LogP contribution < -0.4 is 0 Å². The van der Waals surface area contributed by atoms with Gasteiger partial charge in [0.05, 0.1) is 0 Å². The number of carbonyl (C=O) groups is 1. The Morgan fingerprint density at radius 1 is 1.09 bits per heavy atom. The number of hydrogen-bond donors (Lipinski definition) is 0. The Bertz CT molecular complexity index is 761. The highest BCUT2D eigenvalue weighted by Gasteiger charge is 2.40. The average molecular weight is 388 g/mol. The van der Waals surface area contributed by atoms with Crippen molar-refractivity contribution in [2.45, 2.75) is 17.2 Å². The minimum Gasteiger partial charge on any atom is -0.294 e. The molecular formula is C18H12BrClN2O. The monoisotopic (exact) mass is 386 g/mol. The van der Waals surface area contributed by atoms with Crippen LogP contribution in [0.5, 0.6) is 0 Å². The lowest BCUT2D eigenvalue weighted by Crippen LogP contribution is -2.29. The molecule has 0 saturated heterocycles. The van der Waals surface area contributed by atoms with E-state index < -0.39 is 10.8 Å². The Balaban J connectivity index is 2.39. The Morgan fingerprint density at radius 2 is 1.65 bits per heavy atom. The van der Waals surface area contributed by atoms with Crippen LogP contribution in [0.1, 0.15) is 28.3 Å². The molecule has 114 valence electrons. The Labute approximate surface area is 148 Å². The van der Waals surface area contributed by atoms with E-state index in [0.29, 0.717) is 11.1 Å². The van der Waals surface area contributed by atoms with Crippen LogP contribution in [0.2, 0.25) is 0 Å². The molecule has 0 aliphatic rings. The second-order valence-electron chi connectivity index (χ2n) is 5.03. The summed E-state index contributed by atoms with van der Waals surface area (Å²) in [6.07, 6.45) is -0.0176. The van der Waals surface area contributed by atoms with Gasteiger partial charge in [-0.05, 0) is 17.7 Å². The molecule has 0 radical (unpaired) electrons. The predicted molar refractivity (Wildman–Crippen MR) is 92.1 cm³/mol. The van der Waals surface area contributed by atoms with Crippen molar-refractivity contribution in [3.8, 4) is 12.1 Å². The Kier molecular flexibility index (Phi) is 5.55. The van der Waals surface area contributed by atoms with Gasteiger partial charge >= 0.3 is 0 Å². The topological polar surface area (TPSA) is 64.7 Å². The van der Waals surface area contributed by atoms with E-state index in [-0.39, 0.29) is 12.2 Å². The highest BCUT2D eigenvalue weighted by molar-refractivity contribution is 9.10. The summed E-state index contributed by atoms with van der Waals surface area (Å²) in [6.45, 7) is 0. The van der Waals surface area contributed by atoms with Gasteiger partial charge in [-0.2, -0.15) is 10.5 Å². The van der Waals surface area contributed by atoms with Gasteiger partial charge in [0, 0.05) is 22.4 Å². The van der Waals surface area contributed by atoms with E-state index in [2.05, 4.69) is 15.9 Å². The van der Waals surface area contributed by atoms with Gasteiger partial charge in [0.1, 0.15) is 12.1 Å². The quantitative estimate of drug-likeness (QED) is 0.545. The van der Waals surface area contributed by atoms with Crippen molar-refractivity contribution in [3.63, 3.8) is 0 Å². The van der Waals surface area contributed by atoms with Crippen molar-refractivity contribution in [2.75, 3.05) is 0 Å². The van der Waals surface area contributed by atoms with Crippen LogP contribution in [-0.4, -0.2) is 10.7 Å². The molecule has 23 heavy (non-hydrogen) atoms. The zero-order chi connectivity index (χ0) is 16.9. The van der Waals surface area contributed by atoms with Gasteiger partial charge in [0.15, 0.2) is 5.78 Å². The van der Waals surface area contributed by atoms with E-state index >= 15 is 0 Å². The fraction of sp³-hybridized carbons (Fsp3) is 0.167. The SMILES string of the molecule is N#CC(Cl)(C#N)C(CC(=O)c1ccccc1)c1ccc(Br)cc1. The normalized spacial score (nSPS) is 12.0. The van der Waals surface area contributed by atoms with Crippen molar-refractivity contribution < 1.29 is 4.79 Å². The number of halogens is 2. The molecule has 0 spiro atoms. The summed E-state index contributed by atoms with van der Waals surface area (Å²) >= 11 is 9.53. The number of hydrogen-bond acceptors (Lipinski definition) is 3. The van der Waals surface area contributed by atoms with Crippen LogP contribution in [0.25, 0.3) is 0 Å². The largest absolute Gasteiger partial charge is 0.294 e. The van der Waals surface area contributed by atoms with Crippen LogP contribution >= 0.6 is 27.5 Å². The molecule has 3 nitrogen and oxygen atoms in total. The van der Waals surface area contributed by atoms with Crippen LogP contribution in [0, 0.1) is 22.7 Å². The van der Waals surface area contributed by atoms with E-state index in [4.69, 9.17) is 11.6 Å². The van der Waals surface area contributed by atoms with Gasteiger partial charge in [0.25, 0.3) is 0 Å². The molecule has 2 rings (SSSR count). The lowest BCUT2D eigenvalue weighted by Gasteiger charge is -2.23. The molecule has 1 atom stereocenters. The molecule has 0 fully saturated rings. The van der Waals surface area contributed by atoms with Crippen molar-refractivity contribution in [3.05, 3.63) is 70.2 Å². The van der Waals surface area contributed by atoms with Gasteiger partial charge in [-0.1, -0.05) is 70.0 Å². The van der Waals surface area contributed by atoms with Crippen LogP contribution in [0.15, 0.2) is 59.1 Å². The molecule has 0 amide bonds. The summed E-state index contributed by atoms with van der Waals surface area (Å²) < 4.78 is 0.864. The molecule has 0 aliphatic heterocycles. The number of nitriles is 2. The molecule has 0 N–H and O–H groups in total. The molecular weight excluding hydrogens is 376 g/mol. The zero-order valence-corrected chi connectivity index (χ0v) is 14.4. The van der Waals surface area contributed by atoms with Gasteiger partial charge < -0.3 is 0 Å². The molecule has 0 heterocycles. The lowest BCUT2D eigenvalue weighted by atomic mass is 9.82. The summed E-state index contributed by atoms with van der Waals surface area (Å²) in [4.78, 5) is 10.7. The minimum absolute atomic E-state index is 0.0176. The van der Waals surface area contributed by atoms with Gasteiger partial charge in [-0.3, -0.25) is 4.79 Å². The molecule has 1 unspecified atom stereocenters. The lowest BCUT2D eigenvalue weighted by molar-refractivity contribution is 0.0972. The highest BCUT2D eigenvalue weighted by Crippen LogP contribution is 2.37. The van der Waals surface area contributed by atoms with E-state index in [1.54, 1.807) is 48.5 Å². The van der Waals surface area contributed by atoms with Crippen molar-refractivity contribution in [2.24, 2.45) is 0 Å². The number of alkyl halides is 1. The first-order valence-corrected chi connectivity index (χ1v) is 8.02. The van der Waals surface area contributed by atoms with Crippen LogP contribution in [0.4, 0.5) is 0 Å². The third-order valence-electron chi connectivity index (χ3n) is 3.56. The molecule has 5 heteroatoms. The van der Waals surface area contributed by atoms with Gasteiger partial charge in [-0.25, -0.2) is 0 Å². The predicted octanol–water partition coefficient (Wildman–Crippen LogP) is 4.83. The fourth-order valence-electron chi connectivity index (χ4n) is 2.29. The highest BCUT2D eigenvalue weighted by atomic mass is 79.9. The van der Waals surface area contributed by atoms with Crippen LogP contribution in [0.3, 0.4) is 0 Å². The zero-order valence-electron chi connectivity index (χ0n) is 12.0. The summed E-state index contributed by atoms with van der Waals surface area (Å²) in [7, 11) is 0. The first-order chi connectivity index (χ1) is 11.0. The molecule has 0 saturated carbocycles. The third-order valence-corrected chi connectivity index (χ3v) is 4.52. The Morgan fingerprint density at radius 3 is 2.17 bits per heavy atom. The van der Waals surface area contributed by atoms with E-state index in [9.17, 15) is 15.3 Å². The smallest absolute Gasteiger partial charge is 0.223 e. The summed E-state index contributed by atoms with van der Waals surface area (Å²) in [5.41, 5.74) is 1.21. The van der Waals surface area contributed by atoms with E-state index in [1.807, 2.05) is 18.2 Å². The van der Waals surface area contributed by atoms with E-state index in [1.165, 1.54) is 0 Å². The van der Waals surface area contributed by atoms with Crippen molar-refractivity contribution in [1.29, 1.82) is 10.5 Å². The molecule has 0 bridgehead atoms. The maximum atomic E-state index is 12.5. The number of ketones is 1. The minimum atomic E-state index is -1.79. The first kappa shape index (κ1) is 17.2. The summed E-state index contributed by atoms with van der Waals surface area (Å²) in [5.74, 6) is -0.881. The average Bonchev–Trinajstić information content (AvgIpc) is 2.60. The second-order valence-corrected chi connectivity index (χ2v) is 6.54. The first-order valence-electron chi connectivity index (χ1n) is 6.85. The standard InChI is InChI=1S/C18H12BrClN2O/c19-15-8-6-13(7-9-15)16(18(20,11-21)12-22)10-17(23)14-4-2-1-3-5-14/h1-9,16H,10H2. The summed E-state index contributed by atoms with van der Waals surface area (Å²) in [6, 6.07) is 19.6. The molecule has 2 aromatic carbocycles. The number of carbonyl (C=O) groups excluding carboxylic acids is 1. The molecule has 0 aromatic heterocycles. The molecule has 0 aliphatic carbocycles.